The number of rotatable bonds is 7. The molecule has 8 nitrogen and oxygen atoms in total. The van der Waals surface area contributed by atoms with E-state index in [1.54, 1.807) is 44.2 Å². The lowest BCUT2D eigenvalue weighted by Crippen LogP contribution is -2.45. The Hall–Kier alpha value is -3.60. The van der Waals surface area contributed by atoms with Gasteiger partial charge in [-0.25, -0.2) is 9.78 Å². The van der Waals surface area contributed by atoms with Crippen LogP contribution in [-0.4, -0.2) is 27.6 Å². The Morgan fingerprint density at radius 3 is 2.56 bits per heavy atom. The number of carbonyl (C=O) groups excluding carboxylic acids is 1. The second-order valence-electron chi connectivity index (χ2n) is 6.47. The zero-order valence-corrected chi connectivity index (χ0v) is 15.0. The van der Waals surface area contributed by atoms with Gasteiger partial charge < -0.3 is 20.5 Å². The van der Waals surface area contributed by atoms with E-state index in [9.17, 15) is 9.59 Å². The van der Waals surface area contributed by atoms with Crippen LogP contribution < -0.4 is 15.4 Å². The predicted molar refractivity (Wildman–Crippen MR) is 98.6 cm³/mol. The van der Waals surface area contributed by atoms with Gasteiger partial charge in [-0.3, -0.25) is 4.79 Å². The van der Waals surface area contributed by atoms with Gasteiger partial charge in [-0.2, -0.15) is 5.26 Å². The molecule has 140 valence electrons. The molecule has 27 heavy (non-hydrogen) atoms. The minimum Gasteiger partial charge on any atom is -0.481 e. The SMILES string of the molecule is CC(C)(CCC(=O)O)NC(=O)Nc1ccc(Oc2ccnc(C#N)c2)cc1. The monoisotopic (exact) mass is 368 g/mol. The molecule has 0 aliphatic rings. The first-order valence-corrected chi connectivity index (χ1v) is 8.22. The molecule has 0 fully saturated rings. The fourth-order valence-corrected chi connectivity index (χ4v) is 2.23. The topological polar surface area (TPSA) is 124 Å². The summed E-state index contributed by atoms with van der Waals surface area (Å²) < 4.78 is 5.64. The number of aliphatic carboxylic acids is 1. The van der Waals surface area contributed by atoms with Crippen molar-refractivity contribution in [1.29, 1.82) is 5.26 Å². The maximum Gasteiger partial charge on any atom is 0.319 e. The average Bonchev–Trinajstić information content (AvgIpc) is 2.61. The molecule has 0 spiro atoms. The number of carboxylic acid groups (broad SMARTS) is 1. The Bertz CT molecular complexity index is 857. The van der Waals surface area contributed by atoms with Gasteiger partial charge in [0.15, 0.2) is 0 Å². The van der Waals surface area contributed by atoms with Gasteiger partial charge in [-0.05, 0) is 50.6 Å². The van der Waals surface area contributed by atoms with Crippen LogP contribution in [0.2, 0.25) is 0 Å². The summed E-state index contributed by atoms with van der Waals surface area (Å²) in [5, 5.41) is 23.0. The van der Waals surface area contributed by atoms with Gasteiger partial charge in [0.05, 0.1) is 0 Å². The van der Waals surface area contributed by atoms with Crippen molar-refractivity contribution in [3.8, 4) is 17.6 Å². The molecule has 0 atom stereocenters. The van der Waals surface area contributed by atoms with Gasteiger partial charge >= 0.3 is 12.0 Å². The van der Waals surface area contributed by atoms with Crippen molar-refractivity contribution in [2.45, 2.75) is 32.2 Å². The van der Waals surface area contributed by atoms with Crippen LogP contribution in [0.3, 0.4) is 0 Å². The molecule has 1 aromatic carbocycles. The van der Waals surface area contributed by atoms with Gasteiger partial charge in [0.25, 0.3) is 0 Å². The summed E-state index contributed by atoms with van der Waals surface area (Å²) in [7, 11) is 0. The van der Waals surface area contributed by atoms with Gasteiger partial charge in [-0.15, -0.1) is 0 Å². The van der Waals surface area contributed by atoms with Crippen LogP contribution in [0.4, 0.5) is 10.5 Å². The third-order valence-electron chi connectivity index (χ3n) is 3.61. The number of benzene rings is 1. The van der Waals surface area contributed by atoms with Crippen LogP contribution in [0.5, 0.6) is 11.5 Å². The quantitative estimate of drug-likeness (QED) is 0.687. The smallest absolute Gasteiger partial charge is 0.319 e. The number of amides is 2. The van der Waals surface area contributed by atoms with Gasteiger partial charge in [0, 0.05) is 29.9 Å². The molecule has 1 aromatic heterocycles. The average molecular weight is 368 g/mol. The van der Waals surface area contributed by atoms with Crippen LogP contribution in [0.1, 0.15) is 32.4 Å². The number of ether oxygens (including phenoxy) is 1. The van der Waals surface area contributed by atoms with Crippen molar-refractivity contribution in [1.82, 2.24) is 10.3 Å². The molecule has 1 heterocycles. The van der Waals surface area contributed by atoms with E-state index in [-0.39, 0.29) is 12.1 Å². The third-order valence-corrected chi connectivity index (χ3v) is 3.61. The van der Waals surface area contributed by atoms with Crippen LogP contribution in [-0.2, 0) is 4.79 Å². The number of hydrogen-bond donors (Lipinski definition) is 3. The molecule has 0 radical (unpaired) electrons. The number of pyridine rings is 1. The first-order valence-electron chi connectivity index (χ1n) is 8.22. The minimum absolute atomic E-state index is 0.0260. The molecule has 0 saturated carbocycles. The zero-order chi connectivity index (χ0) is 19.9. The molecular weight excluding hydrogens is 348 g/mol. The van der Waals surface area contributed by atoms with E-state index in [4.69, 9.17) is 15.1 Å². The van der Waals surface area contributed by atoms with Crippen molar-refractivity contribution >= 4 is 17.7 Å². The number of carbonyl (C=O) groups is 2. The highest BCUT2D eigenvalue weighted by Gasteiger charge is 2.21. The summed E-state index contributed by atoms with van der Waals surface area (Å²) in [6.45, 7) is 3.52. The summed E-state index contributed by atoms with van der Waals surface area (Å²) in [4.78, 5) is 26.6. The lowest BCUT2D eigenvalue weighted by molar-refractivity contribution is -0.137. The van der Waals surface area contributed by atoms with Crippen molar-refractivity contribution in [3.63, 3.8) is 0 Å². The van der Waals surface area contributed by atoms with Crippen LogP contribution in [0.15, 0.2) is 42.6 Å². The fourth-order valence-electron chi connectivity index (χ4n) is 2.23. The fraction of sp³-hybridized carbons (Fsp3) is 0.263. The molecule has 2 aromatic rings. The first-order chi connectivity index (χ1) is 12.8. The molecule has 0 aliphatic heterocycles. The highest BCUT2D eigenvalue weighted by atomic mass is 16.5. The van der Waals surface area contributed by atoms with Crippen molar-refractivity contribution in [3.05, 3.63) is 48.3 Å². The zero-order valence-electron chi connectivity index (χ0n) is 15.0. The number of anilines is 1. The molecule has 0 unspecified atom stereocenters. The number of urea groups is 1. The minimum atomic E-state index is -0.906. The Morgan fingerprint density at radius 1 is 1.22 bits per heavy atom. The number of nitrogens with one attached hydrogen (secondary N) is 2. The molecule has 3 N–H and O–H groups in total. The lowest BCUT2D eigenvalue weighted by atomic mass is 9.99. The third kappa shape index (κ3) is 6.66. The first kappa shape index (κ1) is 19.7. The molecule has 0 bridgehead atoms. The van der Waals surface area contributed by atoms with E-state index in [0.717, 1.165) is 0 Å². The molecule has 2 amide bonds. The molecule has 8 heteroatoms. The Balaban J connectivity index is 1.92. The van der Waals surface area contributed by atoms with E-state index in [1.807, 2.05) is 6.07 Å². The summed E-state index contributed by atoms with van der Waals surface area (Å²) in [5.74, 6) is 0.120. The highest BCUT2D eigenvalue weighted by molar-refractivity contribution is 5.89. The van der Waals surface area contributed by atoms with E-state index in [1.165, 1.54) is 12.3 Å². The maximum atomic E-state index is 12.1. The molecule has 0 saturated heterocycles. The number of hydrogen-bond acceptors (Lipinski definition) is 5. The molecule has 0 aliphatic carbocycles. The van der Waals surface area contributed by atoms with Crippen molar-refractivity contribution < 1.29 is 19.4 Å². The predicted octanol–water partition coefficient (Wildman–Crippen LogP) is 3.51. The van der Waals surface area contributed by atoms with Crippen molar-refractivity contribution in [2.24, 2.45) is 0 Å². The summed E-state index contributed by atoms with van der Waals surface area (Å²) in [6.07, 6.45) is 1.78. The number of nitrogens with zero attached hydrogens (tertiary/aromatic N) is 2. The van der Waals surface area contributed by atoms with E-state index in [2.05, 4.69) is 15.6 Å². The van der Waals surface area contributed by atoms with E-state index < -0.39 is 17.5 Å². The van der Waals surface area contributed by atoms with E-state index >= 15 is 0 Å². The van der Waals surface area contributed by atoms with Crippen LogP contribution in [0, 0.1) is 11.3 Å². The Labute approximate surface area is 156 Å². The highest BCUT2D eigenvalue weighted by Crippen LogP contribution is 2.23. The summed E-state index contributed by atoms with van der Waals surface area (Å²) in [6, 6.07) is 11.4. The number of aromatic nitrogens is 1. The maximum absolute atomic E-state index is 12.1. The van der Waals surface area contributed by atoms with Gasteiger partial charge in [-0.1, -0.05) is 0 Å². The van der Waals surface area contributed by atoms with Crippen LogP contribution in [0.25, 0.3) is 0 Å². The largest absolute Gasteiger partial charge is 0.481 e. The number of carboxylic acids is 1. The number of nitriles is 1. The summed E-state index contributed by atoms with van der Waals surface area (Å²) >= 11 is 0. The van der Waals surface area contributed by atoms with Crippen LogP contribution >= 0.6 is 0 Å². The normalized spacial score (nSPS) is 10.6. The second kappa shape index (κ2) is 8.67. The standard InChI is InChI=1S/C19H20N4O4/c1-19(2,9-7-17(24)25)23-18(26)22-13-3-5-15(6-4-13)27-16-8-10-21-14(11-16)12-20/h3-6,8,10-11H,7,9H2,1-2H3,(H,24,25)(H2,22,23,26). The van der Waals surface area contributed by atoms with Crippen molar-refractivity contribution in [2.75, 3.05) is 5.32 Å². The van der Waals surface area contributed by atoms with Gasteiger partial charge in [0.2, 0.25) is 0 Å². The Morgan fingerprint density at radius 2 is 1.93 bits per heavy atom. The molecule has 2 rings (SSSR count). The van der Waals surface area contributed by atoms with E-state index in [0.29, 0.717) is 23.6 Å². The Kier molecular flexibility index (Phi) is 6.33. The molecular formula is C19H20N4O4. The lowest BCUT2D eigenvalue weighted by Gasteiger charge is -2.25. The summed E-state index contributed by atoms with van der Waals surface area (Å²) in [5.41, 5.74) is 0.167. The van der Waals surface area contributed by atoms with Gasteiger partial charge in [0.1, 0.15) is 23.3 Å². The second-order valence-corrected chi connectivity index (χ2v) is 6.47.